The molecule has 0 radical (unpaired) electrons. The lowest BCUT2D eigenvalue weighted by Gasteiger charge is -2.35. The molecule has 2 fully saturated rings. The average molecular weight is 996 g/mol. The molecule has 386 valence electrons. The van der Waals surface area contributed by atoms with Crippen LogP contribution < -0.4 is 20.7 Å². The Bertz CT molecular complexity index is 2040. The van der Waals surface area contributed by atoms with E-state index in [1.165, 1.54) is 11.3 Å². The van der Waals surface area contributed by atoms with Crippen molar-refractivity contribution in [3.63, 3.8) is 0 Å². The highest BCUT2D eigenvalue weighted by molar-refractivity contribution is 7.10. The molecule has 2 aliphatic rings. The summed E-state index contributed by atoms with van der Waals surface area (Å²) in [7, 11) is 0. The van der Waals surface area contributed by atoms with Crippen molar-refractivity contribution in [3.8, 4) is 5.75 Å². The van der Waals surface area contributed by atoms with Gasteiger partial charge in [0.2, 0.25) is 17.6 Å². The molecule has 2 heterocycles. The maximum absolute atomic E-state index is 14.5. The van der Waals surface area contributed by atoms with Crippen LogP contribution in [0.5, 0.6) is 5.75 Å². The van der Waals surface area contributed by atoms with Gasteiger partial charge in [-0.05, 0) is 70.1 Å². The lowest BCUT2D eigenvalue weighted by atomic mass is 9.83. The first-order valence-electron chi connectivity index (χ1n) is 24.5. The van der Waals surface area contributed by atoms with Gasteiger partial charge in [0.25, 0.3) is 0 Å². The van der Waals surface area contributed by atoms with Crippen molar-refractivity contribution in [3.05, 3.63) is 81.8 Å². The van der Waals surface area contributed by atoms with Crippen LogP contribution in [0.2, 0.25) is 0 Å². The largest absolute Gasteiger partial charge is 0.491 e. The molecule has 1 aromatic heterocycles. The number of carbonyl (C=O) groups excluding carboxylic acids is 5. The predicted molar refractivity (Wildman–Crippen MR) is 262 cm³/mol. The van der Waals surface area contributed by atoms with Gasteiger partial charge in [0.05, 0.1) is 78.0 Å². The van der Waals surface area contributed by atoms with Gasteiger partial charge in [0.15, 0.2) is 0 Å². The minimum Gasteiger partial charge on any atom is -0.491 e. The molecule has 4 amide bonds. The summed E-state index contributed by atoms with van der Waals surface area (Å²) in [6, 6.07) is 15.3. The van der Waals surface area contributed by atoms with E-state index in [0.29, 0.717) is 108 Å². The van der Waals surface area contributed by atoms with Crippen LogP contribution in [0.1, 0.15) is 105 Å². The van der Waals surface area contributed by atoms with Crippen molar-refractivity contribution in [1.82, 2.24) is 25.8 Å². The number of aromatic nitrogens is 1. The summed E-state index contributed by atoms with van der Waals surface area (Å²) in [5.41, 5.74) is 1.05. The Morgan fingerprint density at radius 2 is 1.39 bits per heavy atom. The smallest absolute Gasteiger partial charge is 0.407 e. The second kappa shape index (κ2) is 30.5. The summed E-state index contributed by atoms with van der Waals surface area (Å²) in [6.45, 7) is 12.5. The maximum Gasteiger partial charge on any atom is 0.407 e. The maximum atomic E-state index is 14.5. The van der Waals surface area contributed by atoms with Crippen molar-refractivity contribution in [2.75, 3.05) is 92.3 Å². The van der Waals surface area contributed by atoms with Crippen LogP contribution in [0.4, 0.5) is 9.59 Å². The average Bonchev–Trinajstić information content (AvgIpc) is 4.06. The van der Waals surface area contributed by atoms with E-state index in [-0.39, 0.29) is 49.3 Å². The van der Waals surface area contributed by atoms with Gasteiger partial charge in [-0.3, -0.25) is 14.4 Å². The standard InChI is InChI=1S/C51H73N5O13S/c1-37(34-53-49(60)68-35-38-13-7-5-8-14-38)46(58)55-44(39-15-9-6-10-16-39)48(59)56-21-12-19-43(56)47-54-42(36-70-47)45(57)40-17-11-18-41(33-40)67-32-31-66-30-29-65-28-27-64-26-25-63-24-23-62-22-20-52-50(61)69-51(2,3)4/h5,7-8,11,13-14,17-18,33,36-37,39,43-44H,6,9-10,12,15-16,19-32,34-35H2,1-4H3,(H,52,61)(H,53,60)(H,55,58)/t37-,43-,44-/m0/s1. The van der Waals surface area contributed by atoms with E-state index in [4.69, 9.17) is 42.9 Å². The summed E-state index contributed by atoms with van der Waals surface area (Å²) in [5, 5.41) is 10.8. The fourth-order valence-corrected chi connectivity index (χ4v) is 8.82. The van der Waals surface area contributed by atoms with E-state index in [0.717, 1.165) is 44.1 Å². The van der Waals surface area contributed by atoms with Crippen molar-refractivity contribution in [2.24, 2.45) is 11.8 Å². The molecule has 5 rings (SSSR count). The van der Waals surface area contributed by atoms with Gasteiger partial charge in [0, 0.05) is 30.6 Å². The van der Waals surface area contributed by atoms with Crippen LogP contribution in [0.25, 0.3) is 0 Å². The molecule has 3 atom stereocenters. The number of thiazole rings is 1. The van der Waals surface area contributed by atoms with Crippen LogP contribution in [0.3, 0.4) is 0 Å². The van der Waals surface area contributed by atoms with E-state index in [2.05, 4.69) is 16.0 Å². The van der Waals surface area contributed by atoms with Crippen molar-refractivity contribution < 1.29 is 61.9 Å². The molecule has 18 nitrogen and oxygen atoms in total. The van der Waals surface area contributed by atoms with Crippen LogP contribution >= 0.6 is 11.3 Å². The number of nitrogens with zero attached hydrogens (tertiary/aromatic N) is 2. The molecule has 70 heavy (non-hydrogen) atoms. The van der Waals surface area contributed by atoms with Crippen molar-refractivity contribution in [2.45, 2.75) is 96.9 Å². The Kier molecular flexibility index (Phi) is 24.3. The quantitative estimate of drug-likeness (QED) is 0.0472. The second-order valence-electron chi connectivity index (χ2n) is 18.2. The fourth-order valence-electron chi connectivity index (χ4n) is 7.87. The van der Waals surface area contributed by atoms with Crippen LogP contribution in [-0.2, 0) is 49.4 Å². The zero-order valence-electron chi connectivity index (χ0n) is 41.2. The topological polar surface area (TPSA) is 211 Å². The summed E-state index contributed by atoms with van der Waals surface area (Å²) >= 11 is 1.36. The second-order valence-corrected chi connectivity index (χ2v) is 19.1. The molecular weight excluding hydrogens is 923 g/mol. The highest BCUT2D eigenvalue weighted by atomic mass is 32.1. The molecule has 1 saturated heterocycles. The van der Waals surface area contributed by atoms with Crippen LogP contribution in [0, 0.1) is 11.8 Å². The first-order valence-corrected chi connectivity index (χ1v) is 25.4. The SMILES string of the molecule is C[C@@H](CNC(=O)OCc1ccccc1)C(=O)N[C@H](C(=O)N1CCC[C@H]1c1nc(C(=O)c2cccc(OCCOCCOCCOCCOCCOCCNC(=O)OC(C)(C)C)c2)cs1)C1CCCCC1. The third kappa shape index (κ3) is 20.3. The van der Waals surface area contributed by atoms with Gasteiger partial charge in [0.1, 0.15) is 41.3 Å². The van der Waals surface area contributed by atoms with Gasteiger partial charge >= 0.3 is 12.2 Å². The minimum atomic E-state index is -0.708. The van der Waals surface area contributed by atoms with E-state index < -0.39 is 29.7 Å². The summed E-state index contributed by atoms with van der Waals surface area (Å²) in [6.07, 6.45) is 5.14. The minimum absolute atomic E-state index is 0.00558. The first-order chi connectivity index (χ1) is 33.9. The van der Waals surface area contributed by atoms with E-state index in [1.54, 1.807) is 57.3 Å². The summed E-state index contributed by atoms with van der Waals surface area (Å²) in [5.74, 6) is -0.774. The third-order valence-corrected chi connectivity index (χ3v) is 12.4. The molecule has 1 aliphatic carbocycles. The molecule has 1 aliphatic heterocycles. The van der Waals surface area contributed by atoms with Gasteiger partial charge in [-0.2, -0.15) is 0 Å². The molecule has 3 aromatic rings. The van der Waals surface area contributed by atoms with Crippen molar-refractivity contribution >= 4 is 41.1 Å². The van der Waals surface area contributed by atoms with Gasteiger partial charge < -0.3 is 58.7 Å². The zero-order valence-corrected chi connectivity index (χ0v) is 42.1. The van der Waals surface area contributed by atoms with E-state index in [1.807, 2.05) is 35.2 Å². The predicted octanol–water partition coefficient (Wildman–Crippen LogP) is 6.65. The fraction of sp³-hybridized carbons (Fsp3) is 0.608. The molecule has 19 heteroatoms. The number of nitrogens with one attached hydrogen (secondary N) is 3. The lowest BCUT2D eigenvalue weighted by molar-refractivity contribution is -0.140. The summed E-state index contributed by atoms with van der Waals surface area (Å²) < 4.78 is 44.0. The zero-order chi connectivity index (χ0) is 50.0. The van der Waals surface area contributed by atoms with E-state index in [9.17, 15) is 24.0 Å². The van der Waals surface area contributed by atoms with E-state index >= 15 is 0 Å². The third-order valence-electron chi connectivity index (χ3n) is 11.5. The molecular formula is C51H73N5O13S. The number of hydrogen-bond acceptors (Lipinski definition) is 15. The van der Waals surface area contributed by atoms with Crippen LogP contribution in [-0.4, -0.2) is 144 Å². The molecule has 2 aromatic carbocycles. The molecule has 0 spiro atoms. The van der Waals surface area contributed by atoms with Crippen molar-refractivity contribution in [1.29, 1.82) is 0 Å². The summed E-state index contributed by atoms with van der Waals surface area (Å²) in [4.78, 5) is 72.3. The Morgan fingerprint density at radius 3 is 2.04 bits per heavy atom. The number of hydrogen-bond donors (Lipinski definition) is 3. The monoisotopic (exact) mass is 995 g/mol. The number of ketones is 1. The number of amides is 4. The highest BCUT2D eigenvalue weighted by Crippen LogP contribution is 2.37. The molecule has 3 N–H and O–H groups in total. The Labute approximate surface area is 416 Å². The number of alkyl carbamates (subject to hydrolysis) is 2. The lowest BCUT2D eigenvalue weighted by Crippen LogP contribution is -2.54. The molecule has 1 saturated carbocycles. The highest BCUT2D eigenvalue weighted by Gasteiger charge is 2.40. The number of ether oxygens (including phenoxy) is 8. The first kappa shape index (κ1) is 55.7. The van der Waals surface area contributed by atoms with Crippen LogP contribution in [0.15, 0.2) is 60.0 Å². The number of rotatable bonds is 30. The molecule has 0 unspecified atom stereocenters. The number of carbonyl (C=O) groups is 5. The van der Waals surface area contributed by atoms with Gasteiger partial charge in [-0.1, -0.05) is 68.7 Å². The number of benzene rings is 2. The Hall–Kier alpha value is -5.18. The Balaban J connectivity index is 0.962. The number of likely N-dealkylation sites (tertiary alicyclic amines) is 1. The Morgan fingerprint density at radius 1 is 0.743 bits per heavy atom. The normalized spacial score (nSPS) is 16.0. The van der Waals surface area contributed by atoms with Gasteiger partial charge in [-0.15, -0.1) is 11.3 Å². The van der Waals surface area contributed by atoms with Gasteiger partial charge in [-0.25, -0.2) is 14.6 Å². The molecule has 0 bridgehead atoms.